The van der Waals surface area contributed by atoms with Crippen molar-refractivity contribution in [3.63, 3.8) is 0 Å². The van der Waals surface area contributed by atoms with E-state index in [1.54, 1.807) is 35.4 Å². The summed E-state index contributed by atoms with van der Waals surface area (Å²) < 4.78 is 4.27. The third-order valence-electron chi connectivity index (χ3n) is 0.805. The Labute approximate surface area is 71.9 Å². The van der Waals surface area contributed by atoms with Crippen molar-refractivity contribution < 1.29 is 14.3 Å². The van der Waals surface area contributed by atoms with Crippen LogP contribution in [0.2, 0.25) is 10.2 Å². The molecule has 0 aromatic carbocycles. The van der Waals surface area contributed by atoms with Gasteiger partial charge in [-0.1, -0.05) is 0 Å². The van der Waals surface area contributed by atoms with Crippen LogP contribution in [-0.4, -0.2) is 47.4 Å². The number of rotatable bonds is 2. The molecule has 40 valence electrons. The van der Waals surface area contributed by atoms with Gasteiger partial charge in [0, 0.05) is 0 Å². The molecule has 0 spiro atoms. The van der Waals surface area contributed by atoms with E-state index in [9.17, 15) is 9.59 Å². The molecule has 0 fully saturated rings. The molecule has 0 atom stereocenters. The molecule has 0 N–H and O–H groups in total. The van der Waals surface area contributed by atoms with Crippen LogP contribution < -0.4 is 0 Å². The molecule has 0 aromatic rings. The Morgan fingerprint density at radius 3 is 1.67 bits per heavy atom. The van der Waals surface area contributed by atoms with Crippen molar-refractivity contribution in [2.75, 3.05) is 0 Å². The van der Waals surface area contributed by atoms with Gasteiger partial charge in [-0.2, -0.15) is 0 Å². The van der Waals surface area contributed by atoms with E-state index in [-0.39, 0.29) is 10.2 Å². The molecular weight excluding hydrogens is 110 g/mol. The number of carbonyl (C=O) groups is 2. The minimum atomic E-state index is -0.457. The van der Waals surface area contributed by atoms with Gasteiger partial charge < -0.3 is 0 Å². The Morgan fingerprint density at radius 2 is 1.44 bits per heavy atom. The Morgan fingerprint density at radius 1 is 1.11 bits per heavy atom. The van der Waals surface area contributed by atoms with E-state index in [4.69, 9.17) is 0 Å². The molecule has 5 heteroatoms. The van der Waals surface area contributed by atoms with E-state index in [0.29, 0.717) is 0 Å². The first-order valence-corrected chi connectivity index (χ1v) is 2.94. The quantitative estimate of drug-likeness (QED) is 0.269. The van der Waals surface area contributed by atoms with Gasteiger partial charge in [-0.3, -0.25) is 0 Å². The van der Waals surface area contributed by atoms with Gasteiger partial charge in [-0.05, 0) is 0 Å². The van der Waals surface area contributed by atoms with Crippen molar-refractivity contribution in [1.29, 1.82) is 0 Å². The maximum atomic E-state index is 10.3. The summed E-state index contributed by atoms with van der Waals surface area (Å²) in [5, 5.41) is 0.511. The standard InChI is InChI=1S/C4H4O3.2Li/c1-3(5)7-4(2)6;;/h1-2H2;;. The van der Waals surface area contributed by atoms with E-state index in [2.05, 4.69) is 4.74 Å². The van der Waals surface area contributed by atoms with Crippen LogP contribution in [0.3, 0.4) is 0 Å². The average molecular weight is 114 g/mol. The van der Waals surface area contributed by atoms with E-state index in [1.165, 1.54) is 0 Å². The Balaban J connectivity index is 3.47. The summed E-state index contributed by atoms with van der Waals surface area (Å²) in [5.74, 6) is -0.913. The van der Waals surface area contributed by atoms with Crippen molar-refractivity contribution in [1.82, 2.24) is 0 Å². The van der Waals surface area contributed by atoms with Crippen molar-refractivity contribution in [3.05, 3.63) is 0 Å². The van der Waals surface area contributed by atoms with Gasteiger partial charge in [0.25, 0.3) is 0 Å². The van der Waals surface area contributed by atoms with Gasteiger partial charge in [-0.15, -0.1) is 0 Å². The predicted octanol–water partition coefficient (Wildman–Crippen LogP) is -0.770. The van der Waals surface area contributed by atoms with Gasteiger partial charge in [0.15, 0.2) is 0 Å². The summed E-state index contributed by atoms with van der Waals surface area (Å²) in [6, 6.07) is 0. The normalized spacial score (nSPS) is 8.89. The first-order chi connectivity index (χ1) is 4.20. The van der Waals surface area contributed by atoms with Crippen molar-refractivity contribution in [2.45, 2.75) is 10.2 Å². The number of hydrogen-bond acceptors (Lipinski definition) is 3. The Hall–Kier alpha value is 0.335. The van der Waals surface area contributed by atoms with Crippen LogP contribution >= 0.6 is 0 Å². The third-order valence-corrected chi connectivity index (χ3v) is 0.805. The molecule has 3 nitrogen and oxygen atoms in total. The summed E-state index contributed by atoms with van der Waals surface area (Å²) in [5.41, 5.74) is 0. The maximum absolute atomic E-state index is 10.3. The van der Waals surface area contributed by atoms with Gasteiger partial charge in [0.2, 0.25) is 0 Å². The molecule has 0 aliphatic rings. The fraction of sp³-hybridized carbons (Fsp3) is 0.500. The molecule has 0 aromatic heterocycles. The molecule has 0 amide bonds. The summed E-state index contributed by atoms with van der Waals surface area (Å²) in [6.07, 6.45) is 0. The van der Waals surface area contributed by atoms with Crippen LogP contribution in [0.25, 0.3) is 0 Å². The topological polar surface area (TPSA) is 43.4 Å². The predicted molar refractivity (Wildman–Crippen MR) is 32.2 cm³/mol. The van der Waals surface area contributed by atoms with Crippen LogP contribution in [0.1, 0.15) is 0 Å². The van der Waals surface area contributed by atoms with Crippen molar-refractivity contribution >= 4 is 47.4 Å². The molecule has 0 aliphatic heterocycles. The Bertz CT molecular complexity index is 109. The Kier molecular flexibility index (Phi) is 5.34. The first-order valence-electron chi connectivity index (χ1n) is 2.94. The molecule has 0 rings (SSSR count). The fourth-order valence-electron chi connectivity index (χ4n) is 0.271. The summed E-state index contributed by atoms with van der Waals surface area (Å²) >= 11 is 3.29. The molecule has 0 radical (unpaired) electrons. The summed E-state index contributed by atoms with van der Waals surface area (Å²) in [4.78, 5) is 20.7. The zero-order chi connectivity index (χ0) is 7.28. The second kappa shape index (κ2) is 5.15. The number of carbonyl (C=O) groups excluding carboxylic acids is 2. The summed E-state index contributed by atoms with van der Waals surface area (Å²) in [7, 11) is 0. The molecule has 9 heavy (non-hydrogen) atoms. The van der Waals surface area contributed by atoms with Crippen molar-refractivity contribution in [2.24, 2.45) is 0 Å². The zero-order valence-electron chi connectivity index (χ0n) is 5.64. The number of ether oxygens (including phenoxy) is 1. The van der Waals surface area contributed by atoms with Crippen LogP contribution in [-0.2, 0) is 14.3 Å². The van der Waals surface area contributed by atoms with E-state index in [1.807, 2.05) is 0 Å². The molecule has 0 bridgehead atoms. The molecule has 0 aliphatic carbocycles. The van der Waals surface area contributed by atoms with Crippen LogP contribution in [0.5, 0.6) is 0 Å². The SMILES string of the molecule is [Li][CH2]C(=O)OC(=O)[CH2][Li]. The molecular formula is C4H4Li2O3. The molecule has 0 saturated carbocycles. The number of hydrogen-bond donors (Lipinski definition) is 0. The first kappa shape index (κ1) is 9.33. The average Bonchev–Trinajstić information content (AvgIpc) is 1.87. The minimum absolute atomic E-state index is 0.256. The zero-order valence-corrected chi connectivity index (χ0v) is 5.64. The second-order valence-electron chi connectivity index (χ2n) is 1.55. The van der Waals surface area contributed by atoms with Crippen LogP contribution in [0.4, 0.5) is 0 Å². The second-order valence-corrected chi connectivity index (χ2v) is 1.55. The van der Waals surface area contributed by atoms with E-state index < -0.39 is 11.9 Å². The van der Waals surface area contributed by atoms with Gasteiger partial charge in [0.1, 0.15) is 0 Å². The fourth-order valence-corrected chi connectivity index (χ4v) is 0.271. The number of esters is 2. The molecule has 0 heterocycles. The monoisotopic (exact) mass is 114 g/mol. The van der Waals surface area contributed by atoms with Gasteiger partial charge >= 0.3 is 71.9 Å². The third kappa shape index (κ3) is 4.81. The molecule has 0 unspecified atom stereocenters. The van der Waals surface area contributed by atoms with Crippen molar-refractivity contribution in [3.8, 4) is 0 Å². The van der Waals surface area contributed by atoms with Gasteiger partial charge in [0.05, 0.1) is 0 Å². The van der Waals surface area contributed by atoms with E-state index in [0.717, 1.165) is 0 Å². The molecule has 0 saturated heterocycles. The van der Waals surface area contributed by atoms with Gasteiger partial charge in [-0.25, -0.2) is 0 Å². The van der Waals surface area contributed by atoms with Crippen LogP contribution in [0.15, 0.2) is 0 Å². The van der Waals surface area contributed by atoms with E-state index >= 15 is 0 Å². The summed E-state index contributed by atoms with van der Waals surface area (Å²) in [6.45, 7) is 0. The van der Waals surface area contributed by atoms with Crippen LogP contribution in [0, 0.1) is 0 Å².